The summed E-state index contributed by atoms with van der Waals surface area (Å²) in [7, 11) is 4.33. The molecule has 0 aliphatic heterocycles. The van der Waals surface area contributed by atoms with Gasteiger partial charge in [-0.05, 0) is 35.4 Å². The van der Waals surface area contributed by atoms with E-state index < -0.39 is 41.5 Å². The molecule has 198 valence electrons. The lowest BCUT2D eigenvalue weighted by atomic mass is 9.97. The molecule has 0 radical (unpaired) electrons. The van der Waals surface area contributed by atoms with Gasteiger partial charge >= 0.3 is 17.9 Å². The number of alkyl halides is 6. The minimum atomic E-state index is -5.02. The van der Waals surface area contributed by atoms with Gasteiger partial charge < -0.3 is 9.47 Å². The van der Waals surface area contributed by atoms with Crippen molar-refractivity contribution in [3.05, 3.63) is 99.6 Å². The molecule has 0 bridgehead atoms. The fourth-order valence-corrected chi connectivity index (χ4v) is 4.42. The number of hydrogen-bond acceptors (Lipinski definition) is 2. The Kier molecular flexibility index (Phi) is 6.81. The molecule has 11 heteroatoms. The highest BCUT2D eigenvalue weighted by Gasteiger charge is 2.37. The molecule has 0 saturated heterocycles. The zero-order valence-electron chi connectivity index (χ0n) is 20.5. The summed E-state index contributed by atoms with van der Waals surface area (Å²) in [4.78, 5) is 28.0. The number of aryl methyl sites for hydroxylation is 1. The smallest absolute Gasteiger partial charge is 0.336 e. The van der Waals surface area contributed by atoms with Gasteiger partial charge in [-0.25, -0.2) is 0 Å². The molecule has 4 aromatic rings. The van der Waals surface area contributed by atoms with Crippen LogP contribution in [-0.2, 0) is 33.0 Å². The third-order valence-electron chi connectivity index (χ3n) is 6.21. The average Bonchev–Trinajstić information content (AvgIpc) is 2.84. The van der Waals surface area contributed by atoms with Crippen LogP contribution < -0.4 is 10.1 Å². The van der Waals surface area contributed by atoms with E-state index in [1.807, 2.05) is 0 Å². The van der Waals surface area contributed by atoms with Crippen LogP contribution in [0.5, 0.6) is 0 Å². The molecule has 2 aromatic heterocycles. The predicted molar refractivity (Wildman–Crippen MR) is 128 cm³/mol. The second-order valence-corrected chi connectivity index (χ2v) is 8.91. The number of fused-ring (bicyclic) bond motifs is 1. The van der Waals surface area contributed by atoms with E-state index in [2.05, 4.69) is 0 Å². The summed E-state index contributed by atoms with van der Waals surface area (Å²) in [6.07, 6.45) is -8.36. The Morgan fingerprint density at radius 1 is 0.921 bits per heavy atom. The molecule has 38 heavy (non-hydrogen) atoms. The van der Waals surface area contributed by atoms with E-state index in [0.29, 0.717) is 34.2 Å². The summed E-state index contributed by atoms with van der Waals surface area (Å²) in [5.74, 6) is -0.747. The van der Waals surface area contributed by atoms with E-state index in [-0.39, 0.29) is 17.3 Å². The Morgan fingerprint density at radius 2 is 1.50 bits per heavy atom. The van der Waals surface area contributed by atoms with Crippen molar-refractivity contribution in [3.8, 4) is 11.1 Å². The standard InChI is InChI=1S/C27H22F6N3O2/c1-34-11-7-10-20-21(17-8-5-4-6-9-17)23(36(3)25(38)22(20)34)24(37)35(2)15-16-12-18(26(28,29)30)14-19(13-16)27(31,32)33/h4-14H,15H2,1-3H3/q+1. The molecular formula is C27H22F6N3O2+. The van der Waals surface area contributed by atoms with Gasteiger partial charge in [-0.15, -0.1) is 0 Å². The summed E-state index contributed by atoms with van der Waals surface area (Å²) in [6.45, 7) is -0.561. The molecule has 0 aliphatic carbocycles. The topological polar surface area (TPSA) is 46.2 Å². The highest BCUT2D eigenvalue weighted by molar-refractivity contribution is 6.07. The van der Waals surface area contributed by atoms with Gasteiger partial charge in [-0.2, -0.15) is 30.9 Å². The minimum Gasteiger partial charge on any atom is -0.336 e. The summed E-state index contributed by atoms with van der Waals surface area (Å²) in [6, 6.07) is 13.3. The van der Waals surface area contributed by atoms with E-state index in [1.54, 1.807) is 60.3 Å². The number of carbonyl (C=O) groups excluding carboxylic acids is 1. The maximum absolute atomic E-state index is 13.7. The molecule has 0 aliphatic rings. The van der Waals surface area contributed by atoms with Gasteiger partial charge in [0.05, 0.1) is 16.5 Å². The minimum absolute atomic E-state index is 0.0336. The Hall–Kier alpha value is -4.15. The molecular weight excluding hydrogens is 512 g/mol. The van der Waals surface area contributed by atoms with E-state index in [9.17, 15) is 35.9 Å². The number of rotatable bonds is 4. The first-order chi connectivity index (χ1) is 17.7. The zero-order chi connectivity index (χ0) is 28.0. The van der Waals surface area contributed by atoms with Crippen LogP contribution in [-0.4, -0.2) is 22.4 Å². The molecule has 1 amide bonds. The number of aromatic nitrogens is 2. The van der Waals surface area contributed by atoms with Gasteiger partial charge in [0.25, 0.3) is 11.4 Å². The maximum Gasteiger partial charge on any atom is 0.416 e. The van der Waals surface area contributed by atoms with Crippen molar-refractivity contribution in [2.24, 2.45) is 14.1 Å². The highest BCUT2D eigenvalue weighted by Crippen LogP contribution is 2.37. The largest absolute Gasteiger partial charge is 0.416 e. The first kappa shape index (κ1) is 26.9. The van der Waals surface area contributed by atoms with Crippen LogP contribution in [0, 0.1) is 0 Å². The number of benzene rings is 2. The lowest BCUT2D eigenvalue weighted by Gasteiger charge is -2.23. The highest BCUT2D eigenvalue weighted by atomic mass is 19.4. The predicted octanol–water partition coefficient (Wildman–Crippen LogP) is 5.34. The number of nitrogens with zero attached hydrogens (tertiary/aromatic N) is 3. The Morgan fingerprint density at radius 3 is 2.05 bits per heavy atom. The van der Waals surface area contributed by atoms with Gasteiger partial charge in [-0.1, -0.05) is 30.3 Å². The van der Waals surface area contributed by atoms with E-state index in [0.717, 1.165) is 9.47 Å². The van der Waals surface area contributed by atoms with Crippen LogP contribution in [0.4, 0.5) is 26.3 Å². The molecule has 0 atom stereocenters. The molecule has 0 N–H and O–H groups in total. The maximum atomic E-state index is 13.7. The van der Waals surface area contributed by atoms with Crippen LogP contribution >= 0.6 is 0 Å². The van der Waals surface area contributed by atoms with Crippen LogP contribution in [0.3, 0.4) is 0 Å². The summed E-state index contributed by atoms with van der Waals surface area (Å²) in [5, 5.41) is 0.472. The monoisotopic (exact) mass is 534 g/mol. The van der Waals surface area contributed by atoms with Crippen molar-refractivity contribution in [2.45, 2.75) is 18.9 Å². The summed E-state index contributed by atoms with van der Waals surface area (Å²) >= 11 is 0. The molecule has 0 spiro atoms. The van der Waals surface area contributed by atoms with Crippen molar-refractivity contribution in [1.29, 1.82) is 0 Å². The normalized spacial score (nSPS) is 12.1. The molecule has 0 fully saturated rings. The molecule has 0 saturated carbocycles. The van der Waals surface area contributed by atoms with E-state index in [4.69, 9.17) is 0 Å². The Bertz CT molecular complexity index is 1560. The number of halogens is 6. The van der Waals surface area contributed by atoms with Crippen molar-refractivity contribution in [2.75, 3.05) is 7.05 Å². The van der Waals surface area contributed by atoms with Gasteiger partial charge in [0.1, 0.15) is 12.7 Å². The fraction of sp³-hybridized carbons (Fsp3) is 0.222. The second kappa shape index (κ2) is 9.62. The van der Waals surface area contributed by atoms with Crippen LogP contribution in [0.2, 0.25) is 0 Å². The van der Waals surface area contributed by atoms with Crippen LogP contribution in [0.1, 0.15) is 27.2 Å². The zero-order valence-corrected chi connectivity index (χ0v) is 20.5. The van der Waals surface area contributed by atoms with Crippen LogP contribution in [0.25, 0.3) is 22.0 Å². The summed E-state index contributed by atoms with van der Waals surface area (Å²) < 4.78 is 82.7. The average molecular weight is 534 g/mol. The third kappa shape index (κ3) is 5.00. The lowest BCUT2D eigenvalue weighted by molar-refractivity contribution is -0.645. The molecule has 4 rings (SSSR count). The van der Waals surface area contributed by atoms with Crippen molar-refractivity contribution >= 4 is 16.8 Å². The van der Waals surface area contributed by atoms with E-state index in [1.165, 1.54) is 14.1 Å². The van der Waals surface area contributed by atoms with Gasteiger partial charge in [-0.3, -0.25) is 9.59 Å². The first-order valence-electron chi connectivity index (χ1n) is 11.3. The lowest BCUT2D eigenvalue weighted by Crippen LogP contribution is -2.39. The van der Waals surface area contributed by atoms with Crippen molar-refractivity contribution in [1.82, 2.24) is 9.47 Å². The van der Waals surface area contributed by atoms with Gasteiger partial charge in [0.15, 0.2) is 6.20 Å². The SMILES string of the molecule is CN(Cc1cc(C(F)(F)F)cc(C(F)(F)F)c1)C(=O)c1c(-c2ccccc2)c2ccc[n+](C)c2c(=O)n1C. The quantitative estimate of drug-likeness (QED) is 0.262. The van der Waals surface area contributed by atoms with Crippen LogP contribution in [0.15, 0.2) is 71.7 Å². The number of carbonyl (C=O) groups is 1. The first-order valence-corrected chi connectivity index (χ1v) is 11.3. The Balaban J connectivity index is 1.88. The second-order valence-electron chi connectivity index (χ2n) is 8.91. The number of hydrogen-bond donors (Lipinski definition) is 0. The third-order valence-corrected chi connectivity index (χ3v) is 6.21. The molecule has 0 unspecified atom stereocenters. The molecule has 2 heterocycles. The number of amides is 1. The fourth-order valence-electron chi connectivity index (χ4n) is 4.42. The van der Waals surface area contributed by atoms with E-state index >= 15 is 0 Å². The van der Waals surface area contributed by atoms with Gasteiger partial charge in [0.2, 0.25) is 0 Å². The van der Waals surface area contributed by atoms with Gasteiger partial charge in [0, 0.05) is 32.3 Å². The van der Waals surface area contributed by atoms with Crippen molar-refractivity contribution in [3.63, 3.8) is 0 Å². The number of pyridine rings is 2. The molecule has 2 aromatic carbocycles. The summed E-state index contributed by atoms with van der Waals surface area (Å²) in [5.41, 5.74) is -2.51. The Labute approximate surface area is 213 Å². The molecule has 5 nitrogen and oxygen atoms in total. The van der Waals surface area contributed by atoms with Crippen molar-refractivity contribution < 1.29 is 35.7 Å².